The van der Waals surface area contributed by atoms with Gasteiger partial charge in [-0.05, 0) is 19.3 Å². The molecule has 0 aliphatic rings. The maximum absolute atomic E-state index is 11.5. The van der Waals surface area contributed by atoms with Crippen molar-refractivity contribution in [3.8, 4) is 18.4 Å². The molecule has 0 bridgehead atoms. The van der Waals surface area contributed by atoms with Crippen molar-refractivity contribution >= 4 is 10.0 Å². The van der Waals surface area contributed by atoms with E-state index < -0.39 is 15.3 Å². The Bertz CT molecular complexity index is 349. The molecule has 0 amide bonds. The third kappa shape index (κ3) is 5.41. The van der Waals surface area contributed by atoms with Crippen molar-refractivity contribution in [1.29, 1.82) is 5.26 Å². The third-order valence-electron chi connectivity index (χ3n) is 1.94. The van der Waals surface area contributed by atoms with Crippen molar-refractivity contribution in [2.45, 2.75) is 37.9 Å². The Morgan fingerprint density at radius 2 is 2.13 bits per heavy atom. The van der Waals surface area contributed by atoms with E-state index in [1.807, 2.05) is 0 Å². The highest BCUT2D eigenvalue weighted by Crippen LogP contribution is 2.03. The van der Waals surface area contributed by atoms with Gasteiger partial charge in [-0.3, -0.25) is 0 Å². The molecule has 0 aromatic carbocycles. The summed E-state index contributed by atoms with van der Waals surface area (Å²) < 4.78 is 25.3. The molecule has 1 unspecified atom stereocenters. The monoisotopic (exact) mass is 228 g/mol. The van der Waals surface area contributed by atoms with E-state index in [0.717, 1.165) is 6.42 Å². The van der Waals surface area contributed by atoms with Crippen molar-refractivity contribution < 1.29 is 8.42 Å². The summed E-state index contributed by atoms with van der Waals surface area (Å²) >= 11 is 0. The molecular weight excluding hydrogens is 212 g/mol. The molecule has 0 saturated carbocycles. The van der Waals surface area contributed by atoms with Crippen LogP contribution in [-0.4, -0.2) is 20.2 Å². The van der Waals surface area contributed by atoms with Crippen molar-refractivity contribution in [2.24, 2.45) is 0 Å². The van der Waals surface area contributed by atoms with Gasteiger partial charge in [0.2, 0.25) is 10.0 Å². The fourth-order valence-corrected chi connectivity index (χ4v) is 2.25. The number of hydrogen-bond acceptors (Lipinski definition) is 3. The minimum absolute atomic E-state index is 0.302. The molecule has 0 aliphatic carbocycles. The summed E-state index contributed by atoms with van der Waals surface area (Å²) in [7, 11) is -3.47. The summed E-state index contributed by atoms with van der Waals surface area (Å²) in [5.74, 6) is 2.48. The fourth-order valence-electron chi connectivity index (χ4n) is 1.05. The summed E-state index contributed by atoms with van der Waals surface area (Å²) in [5, 5.41) is 7.65. The van der Waals surface area contributed by atoms with Gasteiger partial charge in [0.15, 0.2) is 5.25 Å². The SMILES string of the molecule is C#CCCCCNS(=O)(=O)C(C#N)CC. The number of sulfonamides is 1. The number of nitriles is 1. The molecule has 0 aliphatic heterocycles. The maximum atomic E-state index is 11.5. The third-order valence-corrected chi connectivity index (χ3v) is 3.73. The van der Waals surface area contributed by atoms with Crippen LogP contribution in [0.3, 0.4) is 0 Å². The van der Waals surface area contributed by atoms with Gasteiger partial charge in [-0.15, -0.1) is 12.3 Å². The largest absolute Gasteiger partial charge is 0.227 e. The number of nitrogens with one attached hydrogen (secondary N) is 1. The zero-order valence-electron chi connectivity index (χ0n) is 8.86. The van der Waals surface area contributed by atoms with Crippen LogP contribution in [0.1, 0.15) is 32.6 Å². The molecule has 4 nitrogen and oxygen atoms in total. The molecule has 0 heterocycles. The van der Waals surface area contributed by atoms with E-state index in [2.05, 4.69) is 10.6 Å². The van der Waals surface area contributed by atoms with Crippen LogP contribution in [0.2, 0.25) is 0 Å². The average Bonchev–Trinajstić information content (AvgIpc) is 2.18. The highest BCUT2D eigenvalue weighted by atomic mass is 32.2. The number of nitrogens with zero attached hydrogens (tertiary/aromatic N) is 1. The van der Waals surface area contributed by atoms with Crippen molar-refractivity contribution in [3.05, 3.63) is 0 Å². The molecule has 0 spiro atoms. The summed E-state index contributed by atoms with van der Waals surface area (Å²) in [6.45, 7) is 2.02. The lowest BCUT2D eigenvalue weighted by Crippen LogP contribution is -2.33. The van der Waals surface area contributed by atoms with Crippen LogP contribution in [-0.2, 0) is 10.0 Å². The van der Waals surface area contributed by atoms with Crippen LogP contribution in [0.5, 0.6) is 0 Å². The Labute approximate surface area is 91.7 Å². The van der Waals surface area contributed by atoms with Crippen molar-refractivity contribution in [2.75, 3.05) is 6.54 Å². The zero-order valence-corrected chi connectivity index (χ0v) is 9.68. The Balaban J connectivity index is 3.97. The maximum Gasteiger partial charge on any atom is 0.227 e. The Morgan fingerprint density at radius 3 is 2.60 bits per heavy atom. The lowest BCUT2D eigenvalue weighted by molar-refractivity contribution is 0.568. The quantitative estimate of drug-likeness (QED) is 0.522. The molecule has 1 atom stereocenters. The van der Waals surface area contributed by atoms with E-state index in [1.165, 1.54) is 0 Å². The fraction of sp³-hybridized carbons (Fsp3) is 0.700. The number of terminal acetylenes is 1. The van der Waals surface area contributed by atoms with Gasteiger partial charge in [-0.1, -0.05) is 6.92 Å². The molecule has 0 radical (unpaired) electrons. The average molecular weight is 228 g/mol. The van der Waals surface area contributed by atoms with Crippen LogP contribution in [0, 0.1) is 23.7 Å². The van der Waals surface area contributed by atoms with E-state index in [-0.39, 0.29) is 0 Å². The number of unbranched alkanes of at least 4 members (excludes halogenated alkanes) is 2. The molecular formula is C10H16N2O2S. The second-order valence-corrected chi connectivity index (χ2v) is 5.07. The summed E-state index contributed by atoms with van der Waals surface area (Å²) in [4.78, 5) is 0. The van der Waals surface area contributed by atoms with Crippen LogP contribution in [0.25, 0.3) is 0 Å². The Hall–Kier alpha value is -1.04. The summed E-state index contributed by atoms with van der Waals surface area (Å²) in [6, 6.07) is 1.76. The van der Waals surface area contributed by atoms with Crippen LogP contribution >= 0.6 is 0 Å². The summed E-state index contributed by atoms with van der Waals surface area (Å²) in [5.41, 5.74) is 0. The second-order valence-electron chi connectivity index (χ2n) is 3.13. The second kappa shape index (κ2) is 7.28. The first-order valence-corrected chi connectivity index (χ1v) is 6.44. The molecule has 0 fully saturated rings. The van der Waals surface area contributed by atoms with Crippen molar-refractivity contribution in [3.63, 3.8) is 0 Å². The highest BCUT2D eigenvalue weighted by Gasteiger charge is 2.22. The molecule has 5 heteroatoms. The Kier molecular flexibility index (Phi) is 6.77. The molecule has 0 saturated heterocycles. The molecule has 0 rings (SSSR count). The molecule has 0 aromatic heterocycles. The van der Waals surface area contributed by atoms with Gasteiger partial charge < -0.3 is 0 Å². The minimum Gasteiger partial charge on any atom is -0.214 e. The van der Waals surface area contributed by atoms with E-state index in [0.29, 0.717) is 25.8 Å². The van der Waals surface area contributed by atoms with Crippen molar-refractivity contribution in [1.82, 2.24) is 4.72 Å². The van der Waals surface area contributed by atoms with Gasteiger partial charge in [0.1, 0.15) is 0 Å². The number of rotatable bonds is 7. The van der Waals surface area contributed by atoms with Gasteiger partial charge in [0.25, 0.3) is 0 Å². The molecule has 84 valence electrons. The first-order chi connectivity index (χ1) is 7.08. The van der Waals surface area contributed by atoms with Gasteiger partial charge in [-0.2, -0.15) is 5.26 Å². The predicted octanol–water partition coefficient (Wildman–Crippen LogP) is 1.01. The van der Waals surface area contributed by atoms with Gasteiger partial charge in [-0.25, -0.2) is 13.1 Å². The normalized spacial score (nSPS) is 12.7. The minimum atomic E-state index is -3.47. The summed E-state index contributed by atoms with van der Waals surface area (Å²) in [6.07, 6.45) is 7.50. The smallest absolute Gasteiger partial charge is 0.214 e. The van der Waals surface area contributed by atoms with Gasteiger partial charge >= 0.3 is 0 Å². The first kappa shape index (κ1) is 14.0. The Morgan fingerprint density at radius 1 is 1.47 bits per heavy atom. The van der Waals surface area contributed by atoms with Gasteiger partial charge in [0, 0.05) is 13.0 Å². The van der Waals surface area contributed by atoms with Crippen LogP contribution < -0.4 is 4.72 Å². The lowest BCUT2D eigenvalue weighted by Gasteiger charge is -2.09. The van der Waals surface area contributed by atoms with Gasteiger partial charge in [0.05, 0.1) is 6.07 Å². The van der Waals surface area contributed by atoms with E-state index in [4.69, 9.17) is 11.7 Å². The molecule has 15 heavy (non-hydrogen) atoms. The van der Waals surface area contributed by atoms with E-state index in [9.17, 15) is 8.42 Å². The van der Waals surface area contributed by atoms with E-state index in [1.54, 1.807) is 13.0 Å². The van der Waals surface area contributed by atoms with Crippen LogP contribution in [0.4, 0.5) is 0 Å². The van der Waals surface area contributed by atoms with Crippen LogP contribution in [0.15, 0.2) is 0 Å². The predicted molar refractivity (Wildman–Crippen MR) is 59.3 cm³/mol. The topological polar surface area (TPSA) is 70.0 Å². The molecule has 1 N–H and O–H groups in total. The van der Waals surface area contributed by atoms with E-state index >= 15 is 0 Å². The molecule has 0 aromatic rings. The number of hydrogen-bond donors (Lipinski definition) is 1. The first-order valence-electron chi connectivity index (χ1n) is 4.90. The highest BCUT2D eigenvalue weighted by molar-refractivity contribution is 7.90. The zero-order chi connectivity index (χ0) is 11.7. The standard InChI is InChI=1S/C10H16N2O2S/c1-3-5-6-7-8-12-15(13,14)10(4-2)9-11/h1,10,12H,4-8H2,2H3. The lowest BCUT2D eigenvalue weighted by atomic mass is 10.2.